The fourth-order valence-electron chi connectivity index (χ4n) is 2.52. The van der Waals surface area contributed by atoms with E-state index in [1.165, 1.54) is 11.3 Å². The molecule has 1 aliphatic rings. The molecule has 1 fully saturated rings. The van der Waals surface area contributed by atoms with Gasteiger partial charge in [-0.2, -0.15) is 5.26 Å². The second-order valence-electron chi connectivity index (χ2n) is 5.40. The van der Waals surface area contributed by atoms with Crippen LogP contribution in [0.4, 0.5) is 10.7 Å². The number of piperidine rings is 1. The first-order valence-corrected chi connectivity index (χ1v) is 8.24. The summed E-state index contributed by atoms with van der Waals surface area (Å²) in [4.78, 5) is 2.79. The lowest BCUT2D eigenvalue weighted by atomic mass is 10.1. The molecular weight excluding hydrogens is 286 g/mol. The smallest absolute Gasteiger partial charge is 0.178 e. The fraction of sp³-hybridized carbons (Fsp3) is 0.667. The minimum Gasteiger partial charge on any atom is -0.486 e. The molecule has 5 nitrogen and oxygen atoms in total. The Hall–Kier alpha value is -1.45. The standard InChI is InChI=1S/C15H23N3O2S/c1-4-19-11-5-7-18(8-6-11)15-14(20-10(2)3)13(17)12(9-16)21-15/h10-11H,4-8,17H2,1-3H3. The Morgan fingerprint density at radius 2 is 2.10 bits per heavy atom. The van der Waals surface area contributed by atoms with Gasteiger partial charge in [0.2, 0.25) is 0 Å². The van der Waals surface area contributed by atoms with Crippen LogP contribution in [0.25, 0.3) is 0 Å². The van der Waals surface area contributed by atoms with Crippen molar-refractivity contribution in [3.63, 3.8) is 0 Å². The molecule has 2 rings (SSSR count). The van der Waals surface area contributed by atoms with Gasteiger partial charge in [0, 0.05) is 19.7 Å². The minimum atomic E-state index is 0.0353. The van der Waals surface area contributed by atoms with Crippen molar-refractivity contribution in [2.45, 2.75) is 45.8 Å². The molecule has 2 N–H and O–H groups in total. The first-order chi connectivity index (χ1) is 10.1. The van der Waals surface area contributed by atoms with Gasteiger partial charge >= 0.3 is 0 Å². The van der Waals surface area contributed by atoms with Crippen LogP contribution < -0.4 is 15.4 Å². The van der Waals surface area contributed by atoms with E-state index in [0.717, 1.165) is 37.5 Å². The second-order valence-corrected chi connectivity index (χ2v) is 6.40. The third-order valence-electron chi connectivity index (χ3n) is 3.47. The number of nitrogen functional groups attached to an aromatic ring is 1. The topological polar surface area (TPSA) is 71.5 Å². The van der Waals surface area contributed by atoms with E-state index in [9.17, 15) is 5.26 Å². The summed E-state index contributed by atoms with van der Waals surface area (Å²) in [6, 6.07) is 2.16. The molecule has 6 heteroatoms. The molecular formula is C15H23N3O2S. The summed E-state index contributed by atoms with van der Waals surface area (Å²) in [6.45, 7) is 8.54. The zero-order chi connectivity index (χ0) is 15.4. The molecule has 0 bridgehead atoms. The Balaban J connectivity index is 2.18. The molecule has 0 spiro atoms. The van der Waals surface area contributed by atoms with Crippen molar-refractivity contribution in [2.24, 2.45) is 0 Å². The van der Waals surface area contributed by atoms with Gasteiger partial charge in [-0.25, -0.2) is 0 Å². The summed E-state index contributed by atoms with van der Waals surface area (Å²) in [6.07, 6.45) is 2.37. The quantitative estimate of drug-likeness (QED) is 0.905. The zero-order valence-corrected chi connectivity index (χ0v) is 13.7. The van der Waals surface area contributed by atoms with Gasteiger partial charge in [-0.1, -0.05) is 0 Å². The number of rotatable bonds is 5. The molecule has 116 valence electrons. The van der Waals surface area contributed by atoms with Crippen LogP contribution in [0.3, 0.4) is 0 Å². The summed E-state index contributed by atoms with van der Waals surface area (Å²) >= 11 is 1.42. The molecule has 1 saturated heterocycles. The maximum Gasteiger partial charge on any atom is 0.178 e. The second kappa shape index (κ2) is 7.01. The van der Waals surface area contributed by atoms with E-state index in [-0.39, 0.29) is 6.10 Å². The van der Waals surface area contributed by atoms with Gasteiger partial charge < -0.3 is 20.1 Å². The summed E-state index contributed by atoms with van der Waals surface area (Å²) in [5.74, 6) is 0.668. The van der Waals surface area contributed by atoms with Gasteiger partial charge in [0.15, 0.2) is 5.75 Å². The number of ether oxygens (including phenoxy) is 2. The average molecular weight is 309 g/mol. The highest BCUT2D eigenvalue weighted by molar-refractivity contribution is 7.17. The van der Waals surface area contributed by atoms with Gasteiger partial charge in [0.1, 0.15) is 21.6 Å². The lowest BCUT2D eigenvalue weighted by Gasteiger charge is -2.33. The van der Waals surface area contributed by atoms with Crippen LogP contribution in [0.1, 0.15) is 38.5 Å². The highest BCUT2D eigenvalue weighted by Crippen LogP contribution is 2.45. The van der Waals surface area contributed by atoms with Crippen LogP contribution in [-0.2, 0) is 4.74 Å². The molecule has 0 aromatic carbocycles. The van der Waals surface area contributed by atoms with Gasteiger partial charge in [-0.15, -0.1) is 11.3 Å². The number of anilines is 2. The molecule has 0 amide bonds. The predicted molar refractivity (Wildman–Crippen MR) is 86.1 cm³/mol. The summed E-state index contributed by atoms with van der Waals surface area (Å²) in [5, 5.41) is 10.2. The SMILES string of the molecule is CCOC1CCN(c2sc(C#N)c(N)c2OC(C)C)CC1. The number of nitriles is 1. The maximum atomic E-state index is 9.19. The Labute approximate surface area is 130 Å². The minimum absolute atomic E-state index is 0.0353. The van der Waals surface area contributed by atoms with Crippen LogP contribution >= 0.6 is 11.3 Å². The summed E-state index contributed by atoms with van der Waals surface area (Å²) in [5.41, 5.74) is 6.53. The van der Waals surface area contributed by atoms with Crippen molar-refractivity contribution < 1.29 is 9.47 Å². The molecule has 1 aliphatic heterocycles. The number of thiophene rings is 1. The Morgan fingerprint density at radius 3 is 2.62 bits per heavy atom. The maximum absolute atomic E-state index is 9.19. The average Bonchev–Trinajstić information content (AvgIpc) is 2.77. The third-order valence-corrected chi connectivity index (χ3v) is 4.62. The molecule has 2 heterocycles. The van der Waals surface area contributed by atoms with Gasteiger partial charge in [0.25, 0.3) is 0 Å². The van der Waals surface area contributed by atoms with E-state index in [1.807, 2.05) is 20.8 Å². The molecule has 0 radical (unpaired) electrons. The molecule has 1 aromatic rings. The highest BCUT2D eigenvalue weighted by atomic mass is 32.1. The van der Waals surface area contributed by atoms with Gasteiger partial charge in [0.05, 0.1) is 12.2 Å². The monoisotopic (exact) mass is 309 g/mol. The van der Waals surface area contributed by atoms with E-state index >= 15 is 0 Å². The van der Waals surface area contributed by atoms with Crippen LogP contribution in [-0.4, -0.2) is 31.9 Å². The normalized spacial score (nSPS) is 16.2. The van der Waals surface area contributed by atoms with Gasteiger partial charge in [-0.05, 0) is 33.6 Å². The Kier molecular flexibility index (Phi) is 5.32. The van der Waals surface area contributed by atoms with Crippen molar-refractivity contribution >= 4 is 22.0 Å². The van der Waals surface area contributed by atoms with Crippen LogP contribution in [0, 0.1) is 11.3 Å². The molecule has 0 aliphatic carbocycles. The lowest BCUT2D eigenvalue weighted by Crippen LogP contribution is -2.36. The van der Waals surface area contributed by atoms with Crippen LogP contribution in [0.15, 0.2) is 0 Å². The molecule has 1 aromatic heterocycles. The third kappa shape index (κ3) is 3.60. The highest BCUT2D eigenvalue weighted by Gasteiger charge is 2.26. The first kappa shape index (κ1) is 15.9. The lowest BCUT2D eigenvalue weighted by molar-refractivity contribution is 0.0459. The molecule has 21 heavy (non-hydrogen) atoms. The van der Waals surface area contributed by atoms with Crippen LogP contribution in [0.2, 0.25) is 0 Å². The zero-order valence-electron chi connectivity index (χ0n) is 12.9. The summed E-state index contributed by atoms with van der Waals surface area (Å²) in [7, 11) is 0. The predicted octanol–water partition coefficient (Wildman–Crippen LogP) is 2.99. The number of nitrogens with two attached hydrogens (primary N) is 1. The van der Waals surface area contributed by atoms with E-state index in [1.54, 1.807) is 0 Å². The Bertz CT molecular complexity index is 514. The van der Waals surface area contributed by atoms with E-state index in [4.69, 9.17) is 15.2 Å². The molecule has 0 atom stereocenters. The van der Waals surface area contributed by atoms with Crippen molar-refractivity contribution in [1.82, 2.24) is 0 Å². The van der Waals surface area contributed by atoms with Crippen molar-refractivity contribution in [3.8, 4) is 11.8 Å². The Morgan fingerprint density at radius 1 is 1.43 bits per heavy atom. The summed E-state index contributed by atoms with van der Waals surface area (Å²) < 4.78 is 11.5. The van der Waals surface area contributed by atoms with Crippen molar-refractivity contribution in [1.29, 1.82) is 5.26 Å². The molecule has 0 saturated carbocycles. The van der Waals surface area contributed by atoms with E-state index in [0.29, 0.717) is 22.4 Å². The van der Waals surface area contributed by atoms with Gasteiger partial charge in [-0.3, -0.25) is 0 Å². The first-order valence-electron chi connectivity index (χ1n) is 7.42. The number of hydrogen-bond acceptors (Lipinski definition) is 6. The van der Waals surface area contributed by atoms with E-state index in [2.05, 4.69) is 11.0 Å². The van der Waals surface area contributed by atoms with E-state index < -0.39 is 0 Å². The number of nitrogens with zero attached hydrogens (tertiary/aromatic N) is 2. The number of hydrogen-bond donors (Lipinski definition) is 1. The van der Waals surface area contributed by atoms with Crippen molar-refractivity contribution in [3.05, 3.63) is 4.88 Å². The molecule has 0 unspecified atom stereocenters. The van der Waals surface area contributed by atoms with Crippen molar-refractivity contribution in [2.75, 3.05) is 30.3 Å². The van der Waals surface area contributed by atoms with Crippen LogP contribution in [0.5, 0.6) is 5.75 Å². The largest absolute Gasteiger partial charge is 0.486 e. The fourth-order valence-corrected chi connectivity index (χ4v) is 3.52.